The van der Waals surface area contributed by atoms with Crippen molar-refractivity contribution < 1.29 is 12.8 Å². The number of nitrogen functional groups attached to an aromatic ring is 1. The topological polar surface area (TPSA) is 85.3 Å². The Morgan fingerprint density at radius 3 is 2.76 bits per heavy atom. The van der Waals surface area contributed by atoms with Crippen LogP contribution in [0.1, 0.15) is 18.2 Å². The van der Waals surface area contributed by atoms with Crippen LogP contribution in [-0.2, 0) is 16.4 Å². The molecule has 114 valence electrons. The monoisotopic (exact) mass is 328 g/mol. The molecule has 1 heterocycles. The zero-order valence-corrected chi connectivity index (χ0v) is 13.3. The van der Waals surface area contributed by atoms with E-state index in [9.17, 15) is 8.42 Å². The fourth-order valence-electron chi connectivity index (χ4n) is 1.98. The van der Waals surface area contributed by atoms with Gasteiger partial charge in [0.25, 0.3) is 0 Å². The Bertz CT molecular complexity index is 727. The van der Waals surface area contributed by atoms with Crippen molar-refractivity contribution in [2.75, 3.05) is 5.73 Å². The van der Waals surface area contributed by atoms with E-state index in [4.69, 9.17) is 21.8 Å². The summed E-state index contributed by atoms with van der Waals surface area (Å²) in [6.45, 7) is 3.52. The minimum Gasteiger partial charge on any atom is -0.469 e. The van der Waals surface area contributed by atoms with Crippen molar-refractivity contribution in [3.8, 4) is 0 Å². The van der Waals surface area contributed by atoms with Crippen molar-refractivity contribution in [1.82, 2.24) is 4.72 Å². The van der Waals surface area contributed by atoms with Gasteiger partial charge in [0.1, 0.15) is 10.7 Å². The molecule has 0 spiro atoms. The third-order valence-corrected chi connectivity index (χ3v) is 5.11. The highest BCUT2D eigenvalue weighted by Gasteiger charge is 2.22. The maximum absolute atomic E-state index is 12.4. The second kappa shape index (κ2) is 6.09. The van der Waals surface area contributed by atoms with Gasteiger partial charge in [-0.1, -0.05) is 11.6 Å². The average molecular weight is 329 g/mol. The van der Waals surface area contributed by atoms with Crippen molar-refractivity contribution in [2.45, 2.75) is 31.2 Å². The van der Waals surface area contributed by atoms with Crippen LogP contribution in [0.4, 0.5) is 5.69 Å². The van der Waals surface area contributed by atoms with Crippen LogP contribution in [0.2, 0.25) is 5.02 Å². The van der Waals surface area contributed by atoms with Crippen LogP contribution >= 0.6 is 11.6 Å². The van der Waals surface area contributed by atoms with Gasteiger partial charge in [-0.2, -0.15) is 0 Å². The molecular formula is C14H17ClN2O3S. The molecule has 2 rings (SSSR count). The van der Waals surface area contributed by atoms with Crippen LogP contribution < -0.4 is 10.5 Å². The fraction of sp³-hybridized carbons (Fsp3) is 0.286. The number of hydrogen-bond donors (Lipinski definition) is 2. The first-order valence-corrected chi connectivity index (χ1v) is 8.26. The summed E-state index contributed by atoms with van der Waals surface area (Å²) in [6, 6.07) is 6.14. The highest BCUT2D eigenvalue weighted by molar-refractivity contribution is 7.89. The quantitative estimate of drug-likeness (QED) is 0.826. The molecule has 0 saturated carbocycles. The molecule has 0 aliphatic carbocycles. The molecule has 21 heavy (non-hydrogen) atoms. The van der Waals surface area contributed by atoms with E-state index in [-0.39, 0.29) is 16.0 Å². The molecule has 1 atom stereocenters. The molecule has 0 fully saturated rings. The average Bonchev–Trinajstić information content (AvgIpc) is 2.85. The van der Waals surface area contributed by atoms with E-state index >= 15 is 0 Å². The minimum atomic E-state index is -3.74. The molecule has 0 aliphatic heterocycles. The molecule has 2 aromatic rings. The number of sulfonamides is 1. The Labute approximate surface area is 129 Å². The van der Waals surface area contributed by atoms with Crippen molar-refractivity contribution >= 4 is 27.3 Å². The van der Waals surface area contributed by atoms with Crippen LogP contribution in [0, 0.1) is 6.92 Å². The summed E-state index contributed by atoms with van der Waals surface area (Å²) in [5.41, 5.74) is 6.89. The van der Waals surface area contributed by atoms with E-state index in [1.54, 1.807) is 38.3 Å². The summed E-state index contributed by atoms with van der Waals surface area (Å²) >= 11 is 6.02. The van der Waals surface area contributed by atoms with Gasteiger partial charge in [0.2, 0.25) is 10.0 Å². The van der Waals surface area contributed by atoms with E-state index in [2.05, 4.69) is 4.72 Å². The SMILES string of the molecule is Cc1cc(Cl)c(S(=O)(=O)NC(C)Cc2ccco2)cc1N. The maximum Gasteiger partial charge on any atom is 0.242 e. The van der Waals surface area contributed by atoms with Gasteiger partial charge in [0.05, 0.1) is 11.3 Å². The molecular weight excluding hydrogens is 312 g/mol. The van der Waals surface area contributed by atoms with Gasteiger partial charge in [0, 0.05) is 18.2 Å². The Balaban J connectivity index is 2.20. The van der Waals surface area contributed by atoms with Gasteiger partial charge in [-0.15, -0.1) is 0 Å². The Morgan fingerprint density at radius 2 is 2.14 bits per heavy atom. The summed E-state index contributed by atoms with van der Waals surface area (Å²) in [5, 5.41) is 0.152. The molecule has 3 N–H and O–H groups in total. The predicted molar refractivity (Wildman–Crippen MR) is 82.8 cm³/mol. The molecule has 5 nitrogen and oxygen atoms in total. The van der Waals surface area contributed by atoms with E-state index in [1.807, 2.05) is 0 Å². The number of nitrogens with one attached hydrogen (secondary N) is 1. The fourth-order valence-corrected chi connectivity index (χ4v) is 3.84. The summed E-state index contributed by atoms with van der Waals surface area (Å²) in [6.07, 6.45) is 2.00. The smallest absolute Gasteiger partial charge is 0.242 e. The number of benzene rings is 1. The maximum atomic E-state index is 12.4. The van der Waals surface area contributed by atoms with E-state index in [1.165, 1.54) is 6.07 Å². The Kier molecular flexibility index (Phi) is 4.61. The lowest BCUT2D eigenvalue weighted by molar-refractivity contribution is 0.479. The van der Waals surface area contributed by atoms with Gasteiger partial charge in [-0.25, -0.2) is 13.1 Å². The minimum absolute atomic E-state index is 0.0152. The van der Waals surface area contributed by atoms with Gasteiger partial charge in [-0.3, -0.25) is 0 Å². The van der Waals surface area contributed by atoms with Crippen molar-refractivity contribution in [3.05, 3.63) is 46.9 Å². The lowest BCUT2D eigenvalue weighted by atomic mass is 10.2. The Morgan fingerprint density at radius 1 is 1.43 bits per heavy atom. The third kappa shape index (κ3) is 3.78. The Hall–Kier alpha value is -1.50. The molecule has 0 amide bonds. The second-order valence-electron chi connectivity index (χ2n) is 4.95. The zero-order chi connectivity index (χ0) is 15.6. The van der Waals surface area contributed by atoms with E-state index < -0.39 is 10.0 Å². The van der Waals surface area contributed by atoms with Crippen molar-refractivity contribution in [1.29, 1.82) is 0 Å². The van der Waals surface area contributed by atoms with Gasteiger partial charge in [0.15, 0.2) is 0 Å². The predicted octanol–water partition coefficient (Wildman–Crippen LogP) is 2.73. The summed E-state index contributed by atoms with van der Waals surface area (Å²) < 4.78 is 32.5. The first-order valence-electron chi connectivity index (χ1n) is 6.40. The summed E-state index contributed by atoms with van der Waals surface area (Å²) in [5.74, 6) is 0.708. The number of anilines is 1. The van der Waals surface area contributed by atoms with Crippen LogP contribution in [0.25, 0.3) is 0 Å². The first kappa shape index (κ1) is 15.9. The summed E-state index contributed by atoms with van der Waals surface area (Å²) in [7, 11) is -3.74. The molecule has 7 heteroatoms. The number of hydrogen-bond acceptors (Lipinski definition) is 4. The van der Waals surface area contributed by atoms with Crippen LogP contribution in [-0.4, -0.2) is 14.5 Å². The van der Waals surface area contributed by atoms with Gasteiger partial charge < -0.3 is 10.2 Å². The highest BCUT2D eigenvalue weighted by Crippen LogP contribution is 2.26. The second-order valence-corrected chi connectivity index (χ2v) is 7.03. The molecule has 0 radical (unpaired) electrons. The largest absolute Gasteiger partial charge is 0.469 e. The van der Waals surface area contributed by atoms with E-state index in [0.717, 1.165) is 5.56 Å². The third-order valence-electron chi connectivity index (χ3n) is 3.05. The molecule has 0 bridgehead atoms. The number of rotatable bonds is 5. The van der Waals surface area contributed by atoms with Crippen molar-refractivity contribution in [3.63, 3.8) is 0 Å². The highest BCUT2D eigenvalue weighted by atomic mass is 35.5. The zero-order valence-electron chi connectivity index (χ0n) is 11.8. The lowest BCUT2D eigenvalue weighted by Gasteiger charge is -2.15. The lowest BCUT2D eigenvalue weighted by Crippen LogP contribution is -2.34. The number of aryl methyl sites for hydroxylation is 1. The van der Waals surface area contributed by atoms with Gasteiger partial charge >= 0.3 is 0 Å². The standard InChI is InChI=1S/C14H17ClN2O3S/c1-9-6-12(15)14(8-13(9)16)21(18,19)17-10(2)7-11-4-3-5-20-11/h3-6,8,10,17H,7,16H2,1-2H3. The summed E-state index contributed by atoms with van der Waals surface area (Å²) in [4.78, 5) is -0.0152. The number of halogens is 1. The molecule has 0 saturated heterocycles. The number of furan rings is 1. The normalized spacial score (nSPS) is 13.3. The van der Waals surface area contributed by atoms with Crippen molar-refractivity contribution in [2.24, 2.45) is 0 Å². The first-order chi connectivity index (χ1) is 9.79. The van der Waals surface area contributed by atoms with Crippen LogP contribution in [0.3, 0.4) is 0 Å². The van der Waals surface area contributed by atoms with Gasteiger partial charge in [-0.05, 0) is 43.7 Å². The molecule has 1 aromatic heterocycles. The molecule has 0 aliphatic rings. The number of nitrogens with two attached hydrogens (primary N) is 1. The van der Waals surface area contributed by atoms with Crippen LogP contribution in [0.5, 0.6) is 0 Å². The van der Waals surface area contributed by atoms with Crippen LogP contribution in [0.15, 0.2) is 39.8 Å². The molecule has 1 unspecified atom stereocenters. The molecule has 1 aromatic carbocycles. The van der Waals surface area contributed by atoms with E-state index in [0.29, 0.717) is 17.9 Å².